The Balaban J connectivity index is 4.98. The fourth-order valence-corrected chi connectivity index (χ4v) is 0.832. The maximum Gasteiger partial charge on any atom is 0.434 e. The zero-order valence-electron chi connectivity index (χ0n) is 7.81. The van der Waals surface area contributed by atoms with Gasteiger partial charge in [0.05, 0.1) is 0 Å². The fraction of sp³-hybridized carbons (Fsp3) is 0.714. The Labute approximate surface area is 75.1 Å². The highest BCUT2D eigenvalue weighted by Gasteiger charge is 2.39. The Kier molecular flexibility index (Phi) is 3.60. The Morgan fingerprint density at radius 3 is 1.77 bits per heavy atom. The van der Waals surface area contributed by atoms with Crippen molar-refractivity contribution in [2.24, 2.45) is 11.6 Å². The molecule has 0 rings (SSSR count). The molecule has 0 saturated heterocycles. The van der Waals surface area contributed by atoms with E-state index in [0.717, 1.165) is 0 Å². The van der Waals surface area contributed by atoms with Crippen LogP contribution in [0, 0.1) is 0 Å². The van der Waals surface area contributed by atoms with Crippen LogP contribution in [-0.4, -0.2) is 17.2 Å². The predicted octanol–water partition coefficient (Wildman–Crippen LogP) is 1.32. The van der Waals surface area contributed by atoms with Crippen LogP contribution in [0.1, 0.15) is 20.8 Å². The summed E-state index contributed by atoms with van der Waals surface area (Å²) in [4.78, 5) is 0. The molecule has 0 bridgehead atoms. The summed E-state index contributed by atoms with van der Waals surface area (Å²) in [5, 5.41) is 0.620. The van der Waals surface area contributed by atoms with E-state index in [0.29, 0.717) is 5.01 Å². The molecule has 6 heteroatoms. The van der Waals surface area contributed by atoms with E-state index in [1.165, 1.54) is 6.92 Å². The summed E-state index contributed by atoms with van der Waals surface area (Å²) in [6, 6.07) is -0.449. The van der Waals surface area contributed by atoms with E-state index in [2.05, 4.69) is 0 Å². The van der Waals surface area contributed by atoms with E-state index in [4.69, 9.17) is 11.6 Å². The molecule has 0 amide bonds. The van der Waals surface area contributed by atoms with E-state index < -0.39 is 17.9 Å². The summed E-state index contributed by atoms with van der Waals surface area (Å²) in [7, 11) is 0. The van der Waals surface area contributed by atoms with Crippen molar-refractivity contribution in [1.29, 1.82) is 0 Å². The van der Waals surface area contributed by atoms with Gasteiger partial charge in [-0.25, -0.2) is 5.84 Å². The molecule has 0 heterocycles. The molecule has 0 aromatic carbocycles. The summed E-state index contributed by atoms with van der Waals surface area (Å²) in [6.45, 7) is 4.27. The normalized spacial score (nSPS) is 14.5. The monoisotopic (exact) mass is 197 g/mol. The van der Waals surface area contributed by atoms with Crippen molar-refractivity contribution in [2.45, 2.75) is 33.0 Å². The number of halogens is 3. The minimum absolute atomic E-state index is 0.330. The lowest BCUT2D eigenvalue weighted by molar-refractivity contribution is -0.115. The first-order valence-electron chi connectivity index (χ1n) is 3.75. The van der Waals surface area contributed by atoms with Crippen molar-refractivity contribution in [2.75, 3.05) is 0 Å². The zero-order chi connectivity index (χ0) is 10.8. The molecule has 0 aromatic rings. The molecule has 0 aliphatic carbocycles. The van der Waals surface area contributed by atoms with Crippen LogP contribution in [0.2, 0.25) is 0 Å². The van der Waals surface area contributed by atoms with Crippen LogP contribution in [0.3, 0.4) is 0 Å². The molecule has 13 heavy (non-hydrogen) atoms. The maximum atomic E-state index is 12.3. The summed E-state index contributed by atoms with van der Waals surface area (Å²) < 4.78 is 37.0. The van der Waals surface area contributed by atoms with Crippen molar-refractivity contribution in [3.8, 4) is 0 Å². The van der Waals surface area contributed by atoms with Crippen molar-refractivity contribution in [1.82, 2.24) is 5.01 Å². The van der Waals surface area contributed by atoms with Gasteiger partial charge in [0, 0.05) is 11.7 Å². The van der Waals surface area contributed by atoms with Crippen LogP contribution >= 0.6 is 0 Å². The second-order valence-corrected chi connectivity index (χ2v) is 3.03. The first kappa shape index (κ1) is 12.1. The zero-order valence-corrected chi connectivity index (χ0v) is 7.81. The average Bonchev–Trinajstić information content (AvgIpc) is 1.82. The predicted molar refractivity (Wildman–Crippen MR) is 44.1 cm³/mol. The van der Waals surface area contributed by atoms with Gasteiger partial charge in [0.2, 0.25) is 0 Å². The standard InChI is InChI=1S/C7H14F3N3/c1-4(2)13(12)6(5(3)11)7(8,9)10/h4H,11-12H2,1-3H3/b6-5-. The highest BCUT2D eigenvalue weighted by molar-refractivity contribution is 5.13. The second kappa shape index (κ2) is 3.87. The van der Waals surface area contributed by atoms with Gasteiger partial charge < -0.3 is 10.7 Å². The molecule has 0 saturated carbocycles. The van der Waals surface area contributed by atoms with Crippen LogP contribution in [0.25, 0.3) is 0 Å². The van der Waals surface area contributed by atoms with Crippen LogP contribution in [-0.2, 0) is 0 Å². The third-order valence-corrected chi connectivity index (χ3v) is 1.46. The molecular formula is C7H14F3N3. The first-order valence-corrected chi connectivity index (χ1v) is 3.75. The molecule has 0 aromatic heterocycles. The number of hydrogen-bond acceptors (Lipinski definition) is 3. The number of nitrogens with zero attached hydrogens (tertiary/aromatic N) is 1. The molecule has 3 nitrogen and oxygen atoms in total. The van der Waals surface area contributed by atoms with Crippen molar-refractivity contribution in [3.63, 3.8) is 0 Å². The van der Waals surface area contributed by atoms with Gasteiger partial charge >= 0.3 is 6.18 Å². The van der Waals surface area contributed by atoms with E-state index in [1.54, 1.807) is 13.8 Å². The number of hydrazine groups is 1. The van der Waals surface area contributed by atoms with Gasteiger partial charge in [-0.15, -0.1) is 0 Å². The number of rotatable bonds is 2. The molecule has 0 aliphatic heterocycles. The van der Waals surface area contributed by atoms with Crippen molar-refractivity contribution >= 4 is 0 Å². The molecule has 0 fully saturated rings. The first-order chi connectivity index (χ1) is 5.68. The Morgan fingerprint density at radius 2 is 1.69 bits per heavy atom. The van der Waals surface area contributed by atoms with E-state index in [9.17, 15) is 13.2 Å². The number of allylic oxidation sites excluding steroid dienone is 2. The topological polar surface area (TPSA) is 55.3 Å². The minimum Gasteiger partial charge on any atom is -0.401 e. The van der Waals surface area contributed by atoms with E-state index >= 15 is 0 Å². The van der Waals surface area contributed by atoms with Gasteiger partial charge in [0.25, 0.3) is 0 Å². The molecular weight excluding hydrogens is 183 g/mol. The van der Waals surface area contributed by atoms with Crippen LogP contribution in [0.4, 0.5) is 13.2 Å². The number of hydrogen-bond donors (Lipinski definition) is 2. The highest BCUT2D eigenvalue weighted by atomic mass is 19.4. The molecule has 78 valence electrons. The lowest BCUT2D eigenvalue weighted by Crippen LogP contribution is -2.43. The fourth-order valence-electron chi connectivity index (χ4n) is 0.832. The Hall–Kier alpha value is -0.910. The Bertz CT molecular complexity index is 204. The summed E-state index contributed by atoms with van der Waals surface area (Å²) in [5.74, 6) is 5.22. The van der Waals surface area contributed by atoms with Gasteiger partial charge in [-0.2, -0.15) is 13.2 Å². The smallest absolute Gasteiger partial charge is 0.401 e. The quantitative estimate of drug-likeness (QED) is 0.518. The lowest BCUT2D eigenvalue weighted by Gasteiger charge is -2.28. The molecule has 0 spiro atoms. The van der Waals surface area contributed by atoms with Gasteiger partial charge in [-0.1, -0.05) is 0 Å². The van der Waals surface area contributed by atoms with Gasteiger partial charge in [-0.3, -0.25) is 0 Å². The van der Waals surface area contributed by atoms with Gasteiger partial charge in [0.1, 0.15) is 0 Å². The molecule has 0 aliphatic rings. The van der Waals surface area contributed by atoms with E-state index in [1.807, 2.05) is 0 Å². The summed E-state index contributed by atoms with van der Waals surface area (Å²) in [5.41, 5.74) is 3.79. The molecule has 0 radical (unpaired) electrons. The van der Waals surface area contributed by atoms with Crippen LogP contribution in [0.15, 0.2) is 11.4 Å². The van der Waals surface area contributed by atoms with Crippen molar-refractivity contribution in [3.05, 3.63) is 11.4 Å². The SMILES string of the molecule is C/C(N)=C(/N(N)C(C)C)C(F)(F)F. The second-order valence-electron chi connectivity index (χ2n) is 3.03. The number of nitrogens with two attached hydrogens (primary N) is 2. The third-order valence-electron chi connectivity index (χ3n) is 1.46. The number of alkyl halides is 3. The maximum absolute atomic E-state index is 12.3. The molecule has 0 unspecified atom stereocenters. The largest absolute Gasteiger partial charge is 0.434 e. The summed E-state index contributed by atoms with van der Waals surface area (Å²) >= 11 is 0. The average molecular weight is 197 g/mol. The van der Waals surface area contributed by atoms with Gasteiger partial charge in [-0.05, 0) is 20.8 Å². The highest BCUT2D eigenvalue weighted by Crippen LogP contribution is 2.29. The van der Waals surface area contributed by atoms with E-state index in [-0.39, 0.29) is 5.70 Å². The third kappa shape index (κ3) is 3.14. The lowest BCUT2D eigenvalue weighted by atomic mass is 10.2. The molecule has 0 atom stereocenters. The van der Waals surface area contributed by atoms with Crippen LogP contribution < -0.4 is 11.6 Å². The Morgan fingerprint density at radius 1 is 1.31 bits per heavy atom. The van der Waals surface area contributed by atoms with Crippen molar-refractivity contribution < 1.29 is 13.2 Å². The van der Waals surface area contributed by atoms with Gasteiger partial charge in [0.15, 0.2) is 5.70 Å². The molecule has 4 N–H and O–H groups in total. The minimum atomic E-state index is -4.50. The van der Waals surface area contributed by atoms with Crippen LogP contribution in [0.5, 0.6) is 0 Å². The summed E-state index contributed by atoms with van der Waals surface area (Å²) in [6.07, 6.45) is -4.50.